The van der Waals surface area contributed by atoms with Crippen LogP contribution in [0.25, 0.3) is 11.6 Å². The van der Waals surface area contributed by atoms with Crippen LogP contribution < -0.4 is 9.47 Å². The average Bonchev–Trinajstić information content (AvgIpc) is 3.32. The first-order valence-corrected chi connectivity index (χ1v) is 7.97. The van der Waals surface area contributed by atoms with Crippen LogP contribution in [0.2, 0.25) is 0 Å². The van der Waals surface area contributed by atoms with Crippen molar-refractivity contribution in [3.63, 3.8) is 0 Å². The van der Waals surface area contributed by atoms with Crippen LogP contribution in [0.4, 0.5) is 0 Å². The van der Waals surface area contributed by atoms with Crippen molar-refractivity contribution >= 4 is 17.5 Å². The highest BCUT2D eigenvalue weighted by molar-refractivity contribution is 7.99. The zero-order chi connectivity index (χ0) is 15.2. The van der Waals surface area contributed by atoms with Gasteiger partial charge in [0.15, 0.2) is 17.3 Å². The molecule has 2 aliphatic heterocycles. The number of fused-ring (bicyclic) bond motifs is 2. The molecule has 0 aliphatic carbocycles. The van der Waals surface area contributed by atoms with E-state index in [1.165, 1.54) is 0 Å². The largest absolute Gasteiger partial charge is 0.461 e. The van der Waals surface area contributed by atoms with Crippen LogP contribution in [0.1, 0.15) is 5.56 Å². The van der Waals surface area contributed by atoms with Crippen molar-refractivity contribution in [1.82, 2.24) is 14.9 Å². The van der Waals surface area contributed by atoms with Crippen molar-refractivity contribution in [2.75, 3.05) is 12.5 Å². The van der Waals surface area contributed by atoms with E-state index in [9.17, 15) is 0 Å². The molecule has 5 rings (SSSR count). The van der Waals surface area contributed by atoms with Crippen LogP contribution in [0.3, 0.4) is 0 Å². The number of thioether (sulfide) groups is 1. The first kappa shape index (κ1) is 12.8. The van der Waals surface area contributed by atoms with E-state index in [4.69, 9.17) is 13.9 Å². The number of furan rings is 1. The summed E-state index contributed by atoms with van der Waals surface area (Å²) in [6, 6.07) is 9.49. The number of ether oxygens (including phenoxy) is 2. The monoisotopic (exact) mass is 326 g/mol. The maximum atomic E-state index is 5.44. The summed E-state index contributed by atoms with van der Waals surface area (Å²) in [6.07, 6.45) is 1.61. The van der Waals surface area contributed by atoms with E-state index >= 15 is 0 Å². The van der Waals surface area contributed by atoms with E-state index in [0.717, 1.165) is 33.7 Å². The highest BCUT2D eigenvalue weighted by Crippen LogP contribution is 2.34. The third-order valence-electron chi connectivity index (χ3n) is 3.62. The van der Waals surface area contributed by atoms with Gasteiger partial charge >= 0.3 is 0 Å². The van der Waals surface area contributed by atoms with Gasteiger partial charge in [-0.15, -0.1) is 10.2 Å². The molecule has 0 unspecified atom stereocenters. The molecule has 1 aromatic carbocycles. The predicted molar refractivity (Wildman–Crippen MR) is 82.9 cm³/mol. The van der Waals surface area contributed by atoms with Crippen molar-refractivity contribution in [1.29, 1.82) is 0 Å². The first-order chi connectivity index (χ1) is 11.4. The molecular formula is C15H10N4O3S. The standard InChI is InChI=1S/C15H10N4O3S/c1-2-12(20-5-1)14-16-17-15-19(14)18-10(7-23-15)9-3-4-11-13(6-9)22-8-21-11/h1-6H,7-8H2. The van der Waals surface area contributed by atoms with E-state index in [1.54, 1.807) is 22.7 Å². The first-order valence-electron chi connectivity index (χ1n) is 6.98. The lowest BCUT2D eigenvalue weighted by atomic mass is 10.1. The Morgan fingerprint density at radius 2 is 2.04 bits per heavy atom. The molecule has 0 atom stereocenters. The van der Waals surface area contributed by atoms with Crippen LogP contribution in [-0.2, 0) is 0 Å². The highest BCUT2D eigenvalue weighted by atomic mass is 32.2. The van der Waals surface area contributed by atoms with Gasteiger partial charge < -0.3 is 13.9 Å². The Kier molecular flexibility index (Phi) is 2.71. The summed E-state index contributed by atoms with van der Waals surface area (Å²) >= 11 is 1.59. The minimum atomic E-state index is 0.262. The van der Waals surface area contributed by atoms with E-state index in [0.29, 0.717) is 11.6 Å². The molecule has 3 aromatic rings. The van der Waals surface area contributed by atoms with Crippen molar-refractivity contribution in [3.8, 4) is 23.1 Å². The lowest BCUT2D eigenvalue weighted by molar-refractivity contribution is 0.174. The van der Waals surface area contributed by atoms with Gasteiger partial charge in [-0.25, -0.2) is 0 Å². The van der Waals surface area contributed by atoms with Gasteiger partial charge in [0.1, 0.15) is 0 Å². The van der Waals surface area contributed by atoms with Gasteiger partial charge in [0, 0.05) is 11.3 Å². The smallest absolute Gasteiger partial charge is 0.231 e. The maximum Gasteiger partial charge on any atom is 0.231 e. The summed E-state index contributed by atoms with van der Waals surface area (Å²) in [4.78, 5) is 0. The maximum absolute atomic E-state index is 5.44. The Morgan fingerprint density at radius 3 is 2.96 bits per heavy atom. The van der Waals surface area contributed by atoms with Crippen molar-refractivity contribution in [2.24, 2.45) is 5.10 Å². The molecule has 4 heterocycles. The summed E-state index contributed by atoms with van der Waals surface area (Å²) in [5.74, 6) is 3.46. The second kappa shape index (κ2) is 4.88. The minimum absolute atomic E-state index is 0.262. The van der Waals surface area contributed by atoms with Gasteiger partial charge in [-0.05, 0) is 30.3 Å². The summed E-state index contributed by atoms with van der Waals surface area (Å²) in [5.41, 5.74) is 1.92. The molecule has 8 heteroatoms. The molecule has 2 aromatic heterocycles. The number of hydrogen-bond donors (Lipinski definition) is 0. The third kappa shape index (κ3) is 2.02. The molecule has 0 amide bonds. The minimum Gasteiger partial charge on any atom is -0.461 e. The number of aromatic nitrogens is 3. The van der Waals surface area contributed by atoms with E-state index in [1.807, 2.05) is 30.3 Å². The molecule has 0 saturated carbocycles. The fourth-order valence-corrected chi connectivity index (χ4v) is 3.34. The molecule has 7 nitrogen and oxygen atoms in total. The Bertz CT molecular complexity index is 917. The van der Waals surface area contributed by atoms with Gasteiger partial charge in [-0.2, -0.15) is 9.78 Å². The van der Waals surface area contributed by atoms with Crippen molar-refractivity contribution < 1.29 is 13.9 Å². The van der Waals surface area contributed by atoms with E-state index < -0.39 is 0 Å². The predicted octanol–water partition coefficient (Wildman–Crippen LogP) is 2.62. The molecule has 0 radical (unpaired) electrons. The van der Waals surface area contributed by atoms with Gasteiger partial charge in [0.25, 0.3) is 0 Å². The average molecular weight is 326 g/mol. The number of benzene rings is 1. The third-order valence-corrected chi connectivity index (χ3v) is 4.55. The van der Waals surface area contributed by atoms with E-state index in [-0.39, 0.29) is 6.79 Å². The summed E-state index contributed by atoms with van der Waals surface area (Å²) in [7, 11) is 0. The topological polar surface area (TPSA) is 74.7 Å². The number of nitrogens with zero attached hydrogens (tertiary/aromatic N) is 4. The molecule has 0 spiro atoms. The highest BCUT2D eigenvalue weighted by Gasteiger charge is 2.23. The zero-order valence-corrected chi connectivity index (χ0v) is 12.6. The number of rotatable bonds is 2. The normalized spacial score (nSPS) is 15.4. The second-order valence-corrected chi connectivity index (χ2v) is 5.94. The Morgan fingerprint density at radius 1 is 1.09 bits per heavy atom. The van der Waals surface area contributed by atoms with E-state index in [2.05, 4.69) is 15.3 Å². The second-order valence-electron chi connectivity index (χ2n) is 5.00. The van der Waals surface area contributed by atoms with Crippen LogP contribution in [0, 0.1) is 0 Å². The fraction of sp³-hybridized carbons (Fsp3) is 0.133. The summed E-state index contributed by atoms with van der Waals surface area (Å²) < 4.78 is 17.9. The quantitative estimate of drug-likeness (QED) is 0.721. The molecule has 0 N–H and O–H groups in total. The summed E-state index contributed by atoms with van der Waals surface area (Å²) in [6.45, 7) is 0.262. The zero-order valence-electron chi connectivity index (χ0n) is 11.8. The van der Waals surface area contributed by atoms with Gasteiger partial charge in [-0.3, -0.25) is 0 Å². The van der Waals surface area contributed by atoms with Crippen LogP contribution >= 0.6 is 11.8 Å². The Balaban J connectivity index is 1.59. The lowest BCUT2D eigenvalue weighted by Gasteiger charge is -2.13. The number of hydrogen-bond acceptors (Lipinski definition) is 7. The molecule has 0 saturated heterocycles. The molecule has 114 valence electrons. The molecular weight excluding hydrogens is 316 g/mol. The van der Waals surface area contributed by atoms with Gasteiger partial charge in [0.05, 0.1) is 12.0 Å². The fourth-order valence-electron chi connectivity index (χ4n) is 2.50. The van der Waals surface area contributed by atoms with Crippen molar-refractivity contribution in [2.45, 2.75) is 5.16 Å². The SMILES string of the molecule is c1coc(-c2nnc3n2N=C(c2ccc4c(c2)OCO4)CS3)c1. The Labute approximate surface area is 134 Å². The molecule has 2 aliphatic rings. The Hall–Kier alpha value is -2.74. The van der Waals surface area contributed by atoms with Crippen LogP contribution in [-0.4, -0.2) is 33.1 Å². The van der Waals surface area contributed by atoms with Crippen molar-refractivity contribution in [3.05, 3.63) is 42.2 Å². The van der Waals surface area contributed by atoms with Crippen LogP contribution in [0.5, 0.6) is 11.5 Å². The summed E-state index contributed by atoms with van der Waals surface area (Å²) in [5, 5.41) is 13.8. The molecule has 23 heavy (non-hydrogen) atoms. The lowest BCUT2D eigenvalue weighted by Crippen LogP contribution is -2.13. The van der Waals surface area contributed by atoms with Gasteiger partial charge in [-0.1, -0.05) is 11.8 Å². The molecule has 0 fully saturated rings. The molecule has 0 bridgehead atoms. The van der Waals surface area contributed by atoms with Gasteiger partial charge in [0.2, 0.25) is 17.8 Å². The van der Waals surface area contributed by atoms with Crippen LogP contribution in [0.15, 0.2) is 51.3 Å².